The molecular weight excluding hydrogens is 152 g/mol. The standard InChI is InChI=1S/C10H18O2/c11-9(6-5-8-3-4-8)10-2-1-7-12-10/h8-11H,1-7H2. The van der Waals surface area contributed by atoms with E-state index in [1.165, 1.54) is 19.3 Å². The van der Waals surface area contributed by atoms with Crippen LogP contribution < -0.4 is 0 Å². The summed E-state index contributed by atoms with van der Waals surface area (Å²) in [7, 11) is 0. The Balaban J connectivity index is 1.64. The summed E-state index contributed by atoms with van der Waals surface area (Å²) in [6.07, 6.45) is 7.10. The van der Waals surface area contributed by atoms with Gasteiger partial charge in [0.1, 0.15) is 0 Å². The number of rotatable bonds is 4. The Bertz CT molecular complexity index is 137. The summed E-state index contributed by atoms with van der Waals surface area (Å²) >= 11 is 0. The van der Waals surface area contributed by atoms with Crippen molar-refractivity contribution in [3.8, 4) is 0 Å². The molecule has 2 fully saturated rings. The zero-order valence-electron chi connectivity index (χ0n) is 7.54. The monoisotopic (exact) mass is 170 g/mol. The first kappa shape index (κ1) is 8.52. The molecule has 12 heavy (non-hydrogen) atoms. The van der Waals surface area contributed by atoms with E-state index < -0.39 is 0 Å². The maximum absolute atomic E-state index is 9.70. The topological polar surface area (TPSA) is 29.5 Å². The van der Waals surface area contributed by atoms with Crippen molar-refractivity contribution < 1.29 is 9.84 Å². The summed E-state index contributed by atoms with van der Waals surface area (Å²) in [6, 6.07) is 0. The Morgan fingerprint density at radius 2 is 2.17 bits per heavy atom. The molecule has 0 radical (unpaired) electrons. The van der Waals surface area contributed by atoms with E-state index >= 15 is 0 Å². The van der Waals surface area contributed by atoms with E-state index in [9.17, 15) is 5.11 Å². The van der Waals surface area contributed by atoms with Crippen molar-refractivity contribution >= 4 is 0 Å². The number of hydrogen-bond donors (Lipinski definition) is 1. The summed E-state index contributed by atoms with van der Waals surface area (Å²) < 4.78 is 5.42. The van der Waals surface area contributed by atoms with Gasteiger partial charge in [0.15, 0.2) is 0 Å². The molecule has 0 aromatic carbocycles. The Kier molecular flexibility index (Phi) is 2.66. The van der Waals surface area contributed by atoms with Gasteiger partial charge in [0.05, 0.1) is 12.2 Å². The lowest BCUT2D eigenvalue weighted by Gasteiger charge is -2.16. The highest BCUT2D eigenvalue weighted by atomic mass is 16.5. The van der Waals surface area contributed by atoms with Crippen molar-refractivity contribution in [2.45, 2.75) is 50.7 Å². The third kappa shape index (κ3) is 2.20. The third-order valence-electron chi connectivity index (χ3n) is 2.96. The van der Waals surface area contributed by atoms with E-state index in [0.717, 1.165) is 31.8 Å². The van der Waals surface area contributed by atoms with Crippen LogP contribution in [0.3, 0.4) is 0 Å². The maximum atomic E-state index is 9.70. The fraction of sp³-hybridized carbons (Fsp3) is 1.00. The summed E-state index contributed by atoms with van der Waals surface area (Å²) in [4.78, 5) is 0. The van der Waals surface area contributed by atoms with Crippen LogP contribution >= 0.6 is 0 Å². The minimum atomic E-state index is -0.187. The molecule has 1 aliphatic heterocycles. The van der Waals surface area contributed by atoms with Gasteiger partial charge in [0, 0.05) is 6.61 Å². The van der Waals surface area contributed by atoms with Crippen LogP contribution in [0.1, 0.15) is 38.5 Å². The predicted molar refractivity (Wildman–Crippen MR) is 46.9 cm³/mol. The van der Waals surface area contributed by atoms with Gasteiger partial charge in [-0.25, -0.2) is 0 Å². The highest BCUT2D eigenvalue weighted by molar-refractivity contribution is 4.78. The molecule has 2 nitrogen and oxygen atoms in total. The lowest BCUT2D eigenvalue weighted by atomic mass is 10.0. The molecule has 70 valence electrons. The molecule has 1 heterocycles. The van der Waals surface area contributed by atoms with Crippen molar-refractivity contribution in [3.63, 3.8) is 0 Å². The van der Waals surface area contributed by atoms with Gasteiger partial charge in [-0.2, -0.15) is 0 Å². The number of aliphatic hydroxyl groups excluding tert-OH is 1. The maximum Gasteiger partial charge on any atom is 0.0834 e. The molecule has 0 aromatic heterocycles. The highest BCUT2D eigenvalue weighted by Gasteiger charge is 2.27. The molecule has 0 spiro atoms. The second kappa shape index (κ2) is 3.75. The van der Waals surface area contributed by atoms with E-state index in [-0.39, 0.29) is 12.2 Å². The van der Waals surface area contributed by atoms with Crippen LogP contribution in [0, 0.1) is 5.92 Å². The van der Waals surface area contributed by atoms with Crippen molar-refractivity contribution in [2.24, 2.45) is 5.92 Å². The predicted octanol–water partition coefficient (Wildman–Crippen LogP) is 1.72. The zero-order valence-corrected chi connectivity index (χ0v) is 7.54. The van der Waals surface area contributed by atoms with Gasteiger partial charge in [0.2, 0.25) is 0 Å². The van der Waals surface area contributed by atoms with Crippen molar-refractivity contribution in [3.05, 3.63) is 0 Å². The molecule has 0 aromatic rings. The van der Waals surface area contributed by atoms with Crippen LogP contribution in [0.5, 0.6) is 0 Å². The first-order chi connectivity index (χ1) is 5.86. The van der Waals surface area contributed by atoms with Crippen molar-refractivity contribution in [1.82, 2.24) is 0 Å². The molecule has 1 saturated carbocycles. The number of hydrogen-bond acceptors (Lipinski definition) is 2. The first-order valence-electron chi connectivity index (χ1n) is 5.16. The fourth-order valence-electron chi connectivity index (χ4n) is 1.90. The normalized spacial score (nSPS) is 32.2. The largest absolute Gasteiger partial charge is 0.390 e. The van der Waals surface area contributed by atoms with Gasteiger partial charge in [-0.1, -0.05) is 12.8 Å². The van der Waals surface area contributed by atoms with Gasteiger partial charge >= 0.3 is 0 Å². The Morgan fingerprint density at radius 3 is 2.75 bits per heavy atom. The average Bonchev–Trinajstić information content (AvgIpc) is 2.74. The highest BCUT2D eigenvalue weighted by Crippen LogP contribution is 2.34. The van der Waals surface area contributed by atoms with Crippen molar-refractivity contribution in [1.29, 1.82) is 0 Å². The smallest absolute Gasteiger partial charge is 0.0834 e. The molecule has 2 aliphatic rings. The van der Waals surface area contributed by atoms with Crippen LogP contribution in [-0.2, 0) is 4.74 Å². The quantitative estimate of drug-likeness (QED) is 0.696. The van der Waals surface area contributed by atoms with Gasteiger partial charge in [-0.3, -0.25) is 0 Å². The molecule has 2 rings (SSSR count). The Morgan fingerprint density at radius 1 is 1.33 bits per heavy atom. The van der Waals surface area contributed by atoms with Crippen LogP contribution in [0.25, 0.3) is 0 Å². The summed E-state index contributed by atoms with van der Waals surface area (Å²) in [5.41, 5.74) is 0. The van der Waals surface area contributed by atoms with Crippen LogP contribution in [0.2, 0.25) is 0 Å². The Hall–Kier alpha value is -0.0800. The van der Waals surface area contributed by atoms with Crippen LogP contribution in [-0.4, -0.2) is 23.9 Å². The van der Waals surface area contributed by atoms with E-state index in [0.29, 0.717) is 0 Å². The van der Waals surface area contributed by atoms with Gasteiger partial charge < -0.3 is 9.84 Å². The van der Waals surface area contributed by atoms with Gasteiger partial charge in [0.25, 0.3) is 0 Å². The zero-order chi connectivity index (χ0) is 8.39. The Labute approximate surface area is 73.9 Å². The average molecular weight is 170 g/mol. The molecule has 0 amide bonds. The lowest BCUT2D eigenvalue weighted by molar-refractivity contribution is -0.00673. The molecule has 0 bridgehead atoms. The van der Waals surface area contributed by atoms with Crippen molar-refractivity contribution in [2.75, 3.05) is 6.61 Å². The van der Waals surface area contributed by atoms with E-state index in [2.05, 4.69) is 0 Å². The van der Waals surface area contributed by atoms with Crippen LogP contribution in [0.4, 0.5) is 0 Å². The van der Waals surface area contributed by atoms with E-state index in [1.807, 2.05) is 0 Å². The second-order valence-electron chi connectivity index (χ2n) is 4.14. The number of aliphatic hydroxyl groups is 1. The summed E-state index contributed by atoms with van der Waals surface area (Å²) in [6.45, 7) is 0.852. The SMILES string of the molecule is OC(CCC1CC1)C1CCCO1. The van der Waals surface area contributed by atoms with E-state index in [1.54, 1.807) is 0 Å². The summed E-state index contributed by atoms with van der Waals surface area (Å²) in [5.74, 6) is 0.932. The molecule has 2 atom stereocenters. The molecule has 1 saturated heterocycles. The van der Waals surface area contributed by atoms with Crippen LogP contribution in [0.15, 0.2) is 0 Å². The van der Waals surface area contributed by atoms with E-state index in [4.69, 9.17) is 4.74 Å². The van der Waals surface area contributed by atoms with Gasteiger partial charge in [-0.05, 0) is 31.6 Å². The molecule has 1 aliphatic carbocycles. The molecule has 1 N–H and O–H groups in total. The lowest BCUT2D eigenvalue weighted by Crippen LogP contribution is -2.24. The van der Waals surface area contributed by atoms with Gasteiger partial charge in [-0.15, -0.1) is 0 Å². The second-order valence-corrected chi connectivity index (χ2v) is 4.14. The molecule has 2 unspecified atom stereocenters. The minimum absolute atomic E-state index is 0.156. The molecule has 2 heteroatoms. The molecular formula is C10H18O2. The summed E-state index contributed by atoms with van der Waals surface area (Å²) in [5, 5.41) is 9.70. The first-order valence-corrected chi connectivity index (χ1v) is 5.16. The minimum Gasteiger partial charge on any atom is -0.390 e. The fourth-order valence-corrected chi connectivity index (χ4v) is 1.90. The third-order valence-corrected chi connectivity index (χ3v) is 2.96. The number of ether oxygens (including phenoxy) is 1.